The van der Waals surface area contributed by atoms with Crippen LogP contribution in [0.25, 0.3) is 16.9 Å². The SMILES string of the molecule is CC(C)C[C@](C)(N)COc1ccc(-n2ccc3ncc(F)cc32)nc1. The highest BCUT2D eigenvalue weighted by Crippen LogP contribution is 2.21. The quantitative estimate of drug-likeness (QED) is 0.742. The summed E-state index contributed by atoms with van der Waals surface area (Å²) in [6.07, 6.45) is 5.56. The van der Waals surface area contributed by atoms with Crippen molar-refractivity contribution in [1.82, 2.24) is 14.5 Å². The molecule has 0 unspecified atom stereocenters. The van der Waals surface area contributed by atoms with Gasteiger partial charge in [-0.05, 0) is 37.5 Å². The lowest BCUT2D eigenvalue weighted by Crippen LogP contribution is -2.43. The van der Waals surface area contributed by atoms with E-state index in [4.69, 9.17) is 10.5 Å². The predicted octanol–water partition coefficient (Wildman–Crippen LogP) is 3.70. The van der Waals surface area contributed by atoms with Crippen LogP contribution >= 0.6 is 0 Å². The lowest BCUT2D eigenvalue weighted by Gasteiger charge is -2.26. The Kier molecular flexibility index (Phi) is 4.72. The van der Waals surface area contributed by atoms with Gasteiger partial charge in [-0.15, -0.1) is 0 Å². The maximum absolute atomic E-state index is 13.4. The zero-order chi connectivity index (χ0) is 18.0. The smallest absolute Gasteiger partial charge is 0.143 e. The molecule has 3 aromatic heterocycles. The molecular formula is C19H23FN4O. The molecule has 0 saturated carbocycles. The van der Waals surface area contributed by atoms with Gasteiger partial charge in [0.25, 0.3) is 0 Å². The molecule has 3 heterocycles. The van der Waals surface area contributed by atoms with Crippen molar-refractivity contribution >= 4 is 11.0 Å². The Hall–Kier alpha value is -2.47. The number of hydrogen-bond donors (Lipinski definition) is 1. The number of aromatic nitrogens is 3. The van der Waals surface area contributed by atoms with Gasteiger partial charge in [-0.25, -0.2) is 9.37 Å². The topological polar surface area (TPSA) is 66.0 Å². The summed E-state index contributed by atoms with van der Waals surface area (Å²) >= 11 is 0. The van der Waals surface area contributed by atoms with Gasteiger partial charge < -0.3 is 10.5 Å². The molecule has 0 spiro atoms. The van der Waals surface area contributed by atoms with Crippen LogP contribution in [-0.4, -0.2) is 26.7 Å². The van der Waals surface area contributed by atoms with Crippen molar-refractivity contribution in [1.29, 1.82) is 0 Å². The van der Waals surface area contributed by atoms with E-state index in [1.165, 1.54) is 12.3 Å². The van der Waals surface area contributed by atoms with Crippen molar-refractivity contribution in [3.63, 3.8) is 0 Å². The highest BCUT2D eigenvalue weighted by molar-refractivity contribution is 5.77. The molecule has 0 radical (unpaired) electrons. The summed E-state index contributed by atoms with van der Waals surface area (Å²) in [5, 5.41) is 0. The van der Waals surface area contributed by atoms with Gasteiger partial charge in [-0.2, -0.15) is 0 Å². The molecule has 0 amide bonds. The van der Waals surface area contributed by atoms with Gasteiger partial charge in [-0.3, -0.25) is 9.55 Å². The van der Waals surface area contributed by atoms with Crippen LogP contribution in [0, 0.1) is 11.7 Å². The summed E-state index contributed by atoms with van der Waals surface area (Å²) in [6, 6.07) is 6.94. The Bertz CT molecular complexity index is 855. The number of rotatable bonds is 6. The van der Waals surface area contributed by atoms with E-state index in [1.807, 2.05) is 31.3 Å². The minimum Gasteiger partial charge on any atom is -0.490 e. The van der Waals surface area contributed by atoms with Crippen molar-refractivity contribution < 1.29 is 9.13 Å². The largest absolute Gasteiger partial charge is 0.490 e. The maximum atomic E-state index is 13.4. The van der Waals surface area contributed by atoms with Crippen molar-refractivity contribution in [3.05, 3.63) is 48.7 Å². The van der Waals surface area contributed by atoms with Crippen LogP contribution in [-0.2, 0) is 0 Å². The Labute approximate surface area is 146 Å². The molecule has 0 saturated heterocycles. The average Bonchev–Trinajstić information content (AvgIpc) is 2.95. The molecule has 2 N–H and O–H groups in total. The summed E-state index contributed by atoms with van der Waals surface area (Å²) < 4.78 is 21.0. The van der Waals surface area contributed by atoms with Gasteiger partial charge in [0, 0.05) is 17.8 Å². The van der Waals surface area contributed by atoms with Crippen LogP contribution in [0.4, 0.5) is 4.39 Å². The van der Waals surface area contributed by atoms with Crippen LogP contribution in [0.3, 0.4) is 0 Å². The van der Waals surface area contributed by atoms with Crippen molar-refractivity contribution in [2.75, 3.05) is 6.61 Å². The summed E-state index contributed by atoms with van der Waals surface area (Å²) in [5.74, 6) is 1.47. The first kappa shape index (κ1) is 17.4. The van der Waals surface area contributed by atoms with Gasteiger partial charge in [0.15, 0.2) is 0 Å². The zero-order valence-electron chi connectivity index (χ0n) is 14.7. The molecule has 3 aromatic rings. The van der Waals surface area contributed by atoms with Gasteiger partial charge in [-0.1, -0.05) is 13.8 Å². The number of nitrogens with zero attached hydrogens (tertiary/aromatic N) is 3. The number of nitrogens with two attached hydrogens (primary N) is 1. The highest BCUT2D eigenvalue weighted by Gasteiger charge is 2.21. The third-order valence-electron chi connectivity index (χ3n) is 3.92. The van der Waals surface area contributed by atoms with Crippen LogP contribution in [0.1, 0.15) is 27.2 Å². The molecule has 5 nitrogen and oxygen atoms in total. The predicted molar refractivity (Wildman–Crippen MR) is 96.4 cm³/mol. The van der Waals surface area contributed by atoms with Gasteiger partial charge in [0.2, 0.25) is 0 Å². The Morgan fingerprint density at radius 2 is 2.04 bits per heavy atom. The average molecular weight is 342 g/mol. The van der Waals surface area contributed by atoms with Gasteiger partial charge in [0.05, 0.1) is 23.4 Å². The second kappa shape index (κ2) is 6.80. The number of halogens is 1. The molecule has 1 atom stereocenters. The first-order chi connectivity index (χ1) is 11.8. The van der Waals surface area contributed by atoms with E-state index in [1.54, 1.807) is 10.8 Å². The Balaban J connectivity index is 1.75. The fourth-order valence-corrected chi connectivity index (χ4v) is 3.03. The van der Waals surface area contributed by atoms with Gasteiger partial charge >= 0.3 is 0 Å². The molecule has 0 bridgehead atoms. The molecular weight excluding hydrogens is 319 g/mol. The summed E-state index contributed by atoms with van der Waals surface area (Å²) in [6.45, 7) is 6.69. The van der Waals surface area contributed by atoms with Crippen LogP contribution in [0.2, 0.25) is 0 Å². The number of fused-ring (bicyclic) bond motifs is 1. The fourth-order valence-electron chi connectivity index (χ4n) is 3.03. The molecule has 25 heavy (non-hydrogen) atoms. The first-order valence-electron chi connectivity index (χ1n) is 8.35. The van der Waals surface area contributed by atoms with E-state index in [-0.39, 0.29) is 11.4 Å². The second-order valence-corrected chi connectivity index (χ2v) is 7.14. The Morgan fingerprint density at radius 3 is 2.72 bits per heavy atom. The normalized spacial score (nSPS) is 14.0. The Morgan fingerprint density at radius 1 is 1.24 bits per heavy atom. The highest BCUT2D eigenvalue weighted by atomic mass is 19.1. The third kappa shape index (κ3) is 4.14. The minimum atomic E-state index is -0.382. The van der Waals surface area contributed by atoms with E-state index in [0.29, 0.717) is 29.6 Å². The molecule has 6 heteroatoms. The standard InChI is InChI=1S/C19H23FN4O/c1-13(2)9-19(3,21)12-25-15-4-5-18(23-11-15)24-7-6-16-17(24)8-14(20)10-22-16/h4-8,10-11,13H,9,12,21H2,1-3H3/t19-/m0/s1. The molecule has 0 aliphatic heterocycles. The molecule has 0 fully saturated rings. The van der Waals surface area contributed by atoms with Crippen LogP contribution in [0.15, 0.2) is 42.9 Å². The van der Waals surface area contributed by atoms with E-state index >= 15 is 0 Å². The summed E-state index contributed by atoms with van der Waals surface area (Å²) in [4.78, 5) is 8.47. The van der Waals surface area contributed by atoms with E-state index < -0.39 is 0 Å². The number of pyridine rings is 2. The molecule has 0 aliphatic rings. The van der Waals surface area contributed by atoms with E-state index in [0.717, 1.165) is 11.9 Å². The second-order valence-electron chi connectivity index (χ2n) is 7.14. The minimum absolute atomic E-state index is 0.375. The van der Waals surface area contributed by atoms with Crippen LogP contribution < -0.4 is 10.5 Å². The number of hydrogen-bond acceptors (Lipinski definition) is 4. The molecule has 0 aromatic carbocycles. The number of ether oxygens (including phenoxy) is 1. The lowest BCUT2D eigenvalue weighted by molar-refractivity contribution is 0.206. The van der Waals surface area contributed by atoms with Crippen LogP contribution in [0.5, 0.6) is 5.75 Å². The zero-order valence-corrected chi connectivity index (χ0v) is 14.7. The monoisotopic (exact) mass is 342 g/mol. The third-order valence-corrected chi connectivity index (χ3v) is 3.92. The lowest BCUT2D eigenvalue weighted by atomic mass is 9.93. The summed E-state index contributed by atoms with van der Waals surface area (Å²) in [5.41, 5.74) is 7.27. The van der Waals surface area contributed by atoms with E-state index in [2.05, 4.69) is 23.8 Å². The first-order valence-corrected chi connectivity index (χ1v) is 8.35. The van der Waals surface area contributed by atoms with Crippen molar-refractivity contribution in [2.24, 2.45) is 11.7 Å². The summed E-state index contributed by atoms with van der Waals surface area (Å²) in [7, 11) is 0. The molecule has 132 valence electrons. The van der Waals surface area contributed by atoms with E-state index in [9.17, 15) is 4.39 Å². The fraction of sp³-hybridized carbons (Fsp3) is 0.368. The van der Waals surface area contributed by atoms with Crippen molar-refractivity contribution in [3.8, 4) is 11.6 Å². The molecule has 0 aliphatic carbocycles. The maximum Gasteiger partial charge on any atom is 0.143 e. The molecule has 3 rings (SSSR count). The van der Waals surface area contributed by atoms with Crippen molar-refractivity contribution in [2.45, 2.75) is 32.7 Å². The van der Waals surface area contributed by atoms with Gasteiger partial charge in [0.1, 0.15) is 24.0 Å².